The van der Waals surface area contributed by atoms with Crippen LogP contribution in [0.25, 0.3) is 0 Å². The van der Waals surface area contributed by atoms with E-state index in [2.05, 4.69) is 37.5 Å². The molecule has 1 unspecified atom stereocenters. The topological polar surface area (TPSA) is 15.3 Å². The number of nitrogens with zero attached hydrogens (tertiary/aromatic N) is 1. The lowest BCUT2D eigenvalue weighted by molar-refractivity contribution is 0.0981. The quantitative estimate of drug-likeness (QED) is 0.730. The minimum Gasteiger partial charge on any atom is -0.319 e. The Morgan fingerprint density at radius 2 is 1.94 bits per heavy atom. The predicted molar refractivity (Wildman–Crippen MR) is 84.5 cm³/mol. The van der Waals surface area contributed by atoms with E-state index in [9.17, 15) is 0 Å². The van der Waals surface area contributed by atoms with Gasteiger partial charge in [-0.25, -0.2) is 0 Å². The number of hydrogen-bond donors (Lipinski definition) is 1. The van der Waals surface area contributed by atoms with Gasteiger partial charge in [0, 0.05) is 19.1 Å². The zero-order valence-electron chi connectivity index (χ0n) is 12.8. The van der Waals surface area contributed by atoms with E-state index >= 15 is 0 Å². The van der Waals surface area contributed by atoms with Crippen molar-refractivity contribution in [2.24, 2.45) is 5.41 Å². The van der Waals surface area contributed by atoms with Crippen molar-refractivity contribution in [2.75, 3.05) is 39.2 Å². The third-order valence-corrected chi connectivity index (χ3v) is 5.19. The second kappa shape index (κ2) is 8.44. The Bertz CT molecular complexity index is 209. The minimum atomic E-state index is 0.537. The Kier molecular flexibility index (Phi) is 7.66. The Morgan fingerprint density at radius 3 is 2.50 bits per heavy atom. The lowest BCUT2D eigenvalue weighted by Gasteiger charge is -2.42. The van der Waals surface area contributed by atoms with Crippen LogP contribution >= 0.6 is 11.8 Å². The van der Waals surface area contributed by atoms with Crippen LogP contribution in [0, 0.1) is 5.41 Å². The van der Waals surface area contributed by atoms with Crippen molar-refractivity contribution in [2.45, 2.75) is 51.5 Å². The van der Waals surface area contributed by atoms with E-state index in [0.717, 1.165) is 0 Å². The fourth-order valence-electron chi connectivity index (χ4n) is 3.26. The Hall–Kier alpha value is 0.270. The maximum Gasteiger partial charge on any atom is 0.00719 e. The molecule has 1 aliphatic carbocycles. The van der Waals surface area contributed by atoms with E-state index in [1.807, 2.05) is 11.8 Å². The second-order valence-electron chi connectivity index (χ2n) is 6.14. The highest BCUT2D eigenvalue weighted by molar-refractivity contribution is 7.98. The summed E-state index contributed by atoms with van der Waals surface area (Å²) in [4.78, 5) is 2.60. The van der Waals surface area contributed by atoms with Crippen LogP contribution in [0.2, 0.25) is 0 Å². The molecule has 0 amide bonds. The first-order valence-corrected chi connectivity index (χ1v) is 8.87. The minimum absolute atomic E-state index is 0.537. The normalized spacial score (nSPS) is 21.2. The van der Waals surface area contributed by atoms with Crippen LogP contribution in [-0.2, 0) is 0 Å². The molecule has 1 aliphatic rings. The maximum absolute atomic E-state index is 3.43. The number of nitrogens with one attached hydrogen (secondary N) is 1. The highest BCUT2D eigenvalue weighted by Crippen LogP contribution is 2.36. The standard InChI is InChI=1S/C15H32N2S/c1-14(8-11-18-4)17(3)13-15(12-16-2)9-6-5-7-10-15/h14,16H,5-13H2,1-4H3. The molecule has 0 aromatic rings. The SMILES string of the molecule is CNCC1(CN(C)C(C)CCSC)CCCCC1. The molecule has 0 spiro atoms. The van der Waals surface area contributed by atoms with Crippen LogP contribution in [0.15, 0.2) is 0 Å². The smallest absolute Gasteiger partial charge is 0.00719 e. The molecule has 0 saturated heterocycles. The summed E-state index contributed by atoms with van der Waals surface area (Å²) in [6, 6.07) is 0.716. The van der Waals surface area contributed by atoms with Gasteiger partial charge in [-0.3, -0.25) is 0 Å². The molecule has 0 bridgehead atoms. The molecule has 0 aromatic carbocycles. The van der Waals surface area contributed by atoms with Gasteiger partial charge in [0.05, 0.1) is 0 Å². The summed E-state index contributed by atoms with van der Waals surface area (Å²) in [6.45, 7) is 4.84. The second-order valence-corrected chi connectivity index (χ2v) is 7.12. The summed E-state index contributed by atoms with van der Waals surface area (Å²) in [6.07, 6.45) is 10.6. The van der Waals surface area contributed by atoms with E-state index in [-0.39, 0.29) is 0 Å². The summed E-state index contributed by atoms with van der Waals surface area (Å²) in [5.74, 6) is 1.28. The molecule has 1 rings (SSSR count). The van der Waals surface area contributed by atoms with E-state index < -0.39 is 0 Å². The van der Waals surface area contributed by atoms with E-state index in [1.54, 1.807) is 0 Å². The van der Waals surface area contributed by atoms with Crippen molar-refractivity contribution in [1.82, 2.24) is 10.2 Å². The fraction of sp³-hybridized carbons (Fsp3) is 1.00. The van der Waals surface area contributed by atoms with Gasteiger partial charge in [0.1, 0.15) is 0 Å². The highest BCUT2D eigenvalue weighted by atomic mass is 32.2. The molecule has 0 aliphatic heterocycles. The van der Waals surface area contributed by atoms with Gasteiger partial charge in [-0.15, -0.1) is 0 Å². The van der Waals surface area contributed by atoms with Gasteiger partial charge in [-0.2, -0.15) is 11.8 Å². The van der Waals surface area contributed by atoms with Crippen molar-refractivity contribution < 1.29 is 0 Å². The van der Waals surface area contributed by atoms with Gasteiger partial charge in [-0.05, 0) is 57.7 Å². The third-order valence-electron chi connectivity index (χ3n) is 4.54. The monoisotopic (exact) mass is 272 g/mol. The van der Waals surface area contributed by atoms with Crippen LogP contribution in [0.5, 0.6) is 0 Å². The average Bonchev–Trinajstić information content (AvgIpc) is 2.37. The van der Waals surface area contributed by atoms with Gasteiger partial charge < -0.3 is 10.2 Å². The van der Waals surface area contributed by atoms with Gasteiger partial charge in [0.2, 0.25) is 0 Å². The van der Waals surface area contributed by atoms with Crippen molar-refractivity contribution in [3.63, 3.8) is 0 Å². The Balaban J connectivity index is 2.48. The highest BCUT2D eigenvalue weighted by Gasteiger charge is 2.33. The summed E-state index contributed by atoms with van der Waals surface area (Å²) in [7, 11) is 4.42. The summed E-state index contributed by atoms with van der Waals surface area (Å²) in [5, 5.41) is 3.43. The lowest BCUT2D eigenvalue weighted by atomic mass is 9.73. The Labute approximate surface area is 118 Å². The first-order valence-electron chi connectivity index (χ1n) is 7.47. The zero-order valence-corrected chi connectivity index (χ0v) is 13.6. The van der Waals surface area contributed by atoms with Crippen LogP contribution < -0.4 is 5.32 Å². The predicted octanol–water partition coefficient (Wildman–Crippen LogP) is 3.23. The van der Waals surface area contributed by atoms with Crippen molar-refractivity contribution in [3.8, 4) is 0 Å². The molecule has 1 fully saturated rings. The molecule has 2 nitrogen and oxygen atoms in total. The number of hydrogen-bond acceptors (Lipinski definition) is 3. The van der Waals surface area contributed by atoms with Crippen LogP contribution in [-0.4, -0.2) is 50.1 Å². The molecule has 1 N–H and O–H groups in total. The molecular weight excluding hydrogens is 240 g/mol. The first-order chi connectivity index (χ1) is 8.63. The summed E-state index contributed by atoms with van der Waals surface area (Å²) < 4.78 is 0. The van der Waals surface area contributed by atoms with Crippen LogP contribution in [0.3, 0.4) is 0 Å². The molecule has 0 aromatic heterocycles. The van der Waals surface area contributed by atoms with Gasteiger partial charge in [-0.1, -0.05) is 19.3 Å². The molecular formula is C15H32N2S. The summed E-state index contributed by atoms with van der Waals surface area (Å²) >= 11 is 1.96. The van der Waals surface area contributed by atoms with Gasteiger partial charge in [0.15, 0.2) is 0 Å². The van der Waals surface area contributed by atoms with Crippen LogP contribution in [0.1, 0.15) is 45.4 Å². The number of rotatable bonds is 8. The fourth-order valence-corrected chi connectivity index (χ4v) is 3.84. The van der Waals surface area contributed by atoms with Crippen LogP contribution in [0.4, 0.5) is 0 Å². The van der Waals surface area contributed by atoms with E-state index in [1.165, 1.54) is 57.4 Å². The summed E-state index contributed by atoms with van der Waals surface area (Å²) in [5.41, 5.74) is 0.537. The van der Waals surface area contributed by atoms with Crippen molar-refractivity contribution in [1.29, 1.82) is 0 Å². The lowest BCUT2D eigenvalue weighted by Crippen LogP contribution is -2.46. The van der Waals surface area contributed by atoms with E-state index in [0.29, 0.717) is 11.5 Å². The van der Waals surface area contributed by atoms with Gasteiger partial charge >= 0.3 is 0 Å². The van der Waals surface area contributed by atoms with Gasteiger partial charge in [0.25, 0.3) is 0 Å². The maximum atomic E-state index is 3.43. The average molecular weight is 273 g/mol. The zero-order chi connectivity index (χ0) is 13.4. The number of thioether (sulfide) groups is 1. The molecule has 0 radical (unpaired) electrons. The molecule has 18 heavy (non-hydrogen) atoms. The molecule has 0 heterocycles. The molecule has 108 valence electrons. The van der Waals surface area contributed by atoms with E-state index in [4.69, 9.17) is 0 Å². The molecule has 3 heteroatoms. The largest absolute Gasteiger partial charge is 0.319 e. The Morgan fingerprint density at radius 1 is 1.28 bits per heavy atom. The molecule has 1 saturated carbocycles. The first kappa shape index (κ1) is 16.3. The molecule has 1 atom stereocenters. The third kappa shape index (κ3) is 5.10. The van der Waals surface area contributed by atoms with Crippen molar-refractivity contribution in [3.05, 3.63) is 0 Å². The van der Waals surface area contributed by atoms with Crippen molar-refractivity contribution >= 4 is 11.8 Å².